The van der Waals surface area contributed by atoms with E-state index < -0.39 is 0 Å². The van der Waals surface area contributed by atoms with Crippen molar-refractivity contribution in [2.24, 2.45) is 0 Å². The van der Waals surface area contributed by atoms with E-state index in [-0.39, 0.29) is 0 Å². The summed E-state index contributed by atoms with van der Waals surface area (Å²) < 4.78 is 0. The van der Waals surface area contributed by atoms with Crippen molar-refractivity contribution in [2.75, 3.05) is 65.4 Å². The molecule has 3 heterocycles. The standard InChI is InChI=1S/C21H34N4/c1-2-6-20(7-3-1)18-24-16-13-22(14-17-24)12-15-23-9-5-11-25-10-4-8-21(25)19-23/h1-3,6-7,21H,4-5,8-19H2/t21-/m0/s1. The van der Waals surface area contributed by atoms with Crippen molar-refractivity contribution >= 4 is 0 Å². The molecule has 0 amide bonds. The van der Waals surface area contributed by atoms with E-state index in [1.807, 2.05) is 0 Å². The highest BCUT2D eigenvalue weighted by molar-refractivity contribution is 5.14. The van der Waals surface area contributed by atoms with E-state index in [0.717, 1.165) is 12.6 Å². The Hall–Kier alpha value is -0.940. The summed E-state index contributed by atoms with van der Waals surface area (Å²) in [5.41, 5.74) is 1.45. The minimum atomic E-state index is 0.852. The van der Waals surface area contributed by atoms with Crippen LogP contribution in [0.5, 0.6) is 0 Å². The average Bonchev–Trinajstić information content (AvgIpc) is 3.00. The number of piperazine rings is 1. The zero-order chi connectivity index (χ0) is 16.9. The molecule has 0 unspecified atom stereocenters. The highest BCUT2D eigenvalue weighted by atomic mass is 15.3. The molecule has 4 rings (SSSR count). The van der Waals surface area contributed by atoms with Gasteiger partial charge >= 0.3 is 0 Å². The van der Waals surface area contributed by atoms with Crippen LogP contribution >= 0.6 is 0 Å². The Morgan fingerprint density at radius 2 is 1.44 bits per heavy atom. The summed E-state index contributed by atoms with van der Waals surface area (Å²) in [5.74, 6) is 0. The number of fused-ring (bicyclic) bond motifs is 1. The second-order valence-electron chi connectivity index (χ2n) is 8.09. The van der Waals surface area contributed by atoms with Crippen LogP contribution in [-0.4, -0.2) is 91.1 Å². The van der Waals surface area contributed by atoms with E-state index in [1.165, 1.54) is 90.3 Å². The van der Waals surface area contributed by atoms with Crippen molar-refractivity contribution in [3.05, 3.63) is 35.9 Å². The Labute approximate surface area is 153 Å². The number of hydrogen-bond acceptors (Lipinski definition) is 4. The third-order valence-electron chi connectivity index (χ3n) is 6.33. The van der Waals surface area contributed by atoms with Gasteiger partial charge in [0.05, 0.1) is 0 Å². The lowest BCUT2D eigenvalue weighted by Gasteiger charge is -2.36. The first-order valence-corrected chi connectivity index (χ1v) is 10.3. The van der Waals surface area contributed by atoms with Crippen LogP contribution in [0.4, 0.5) is 0 Å². The van der Waals surface area contributed by atoms with Crippen LogP contribution < -0.4 is 0 Å². The first-order chi connectivity index (χ1) is 12.4. The molecule has 138 valence electrons. The molecule has 0 spiro atoms. The zero-order valence-corrected chi connectivity index (χ0v) is 15.7. The number of nitrogens with zero attached hydrogens (tertiary/aromatic N) is 4. The van der Waals surface area contributed by atoms with Gasteiger partial charge in [0.2, 0.25) is 0 Å². The molecule has 0 aromatic heterocycles. The topological polar surface area (TPSA) is 13.0 Å². The molecule has 3 aliphatic rings. The van der Waals surface area contributed by atoms with Crippen LogP contribution in [0.15, 0.2) is 30.3 Å². The van der Waals surface area contributed by atoms with E-state index in [2.05, 4.69) is 49.9 Å². The van der Waals surface area contributed by atoms with Crippen LogP contribution in [0.2, 0.25) is 0 Å². The molecule has 0 bridgehead atoms. The molecule has 0 saturated carbocycles. The van der Waals surface area contributed by atoms with E-state index in [1.54, 1.807) is 0 Å². The lowest BCUT2D eigenvalue weighted by molar-refractivity contribution is 0.112. The van der Waals surface area contributed by atoms with Gasteiger partial charge < -0.3 is 4.90 Å². The second kappa shape index (κ2) is 8.63. The quantitative estimate of drug-likeness (QED) is 0.811. The lowest BCUT2D eigenvalue weighted by atomic mass is 10.2. The van der Waals surface area contributed by atoms with Crippen LogP contribution in [0.25, 0.3) is 0 Å². The molecule has 4 heteroatoms. The number of benzene rings is 1. The highest BCUT2D eigenvalue weighted by Crippen LogP contribution is 2.21. The largest absolute Gasteiger partial charge is 0.300 e. The van der Waals surface area contributed by atoms with Gasteiger partial charge in [0.15, 0.2) is 0 Å². The molecule has 3 aliphatic heterocycles. The zero-order valence-electron chi connectivity index (χ0n) is 15.7. The number of hydrogen-bond donors (Lipinski definition) is 0. The van der Waals surface area contributed by atoms with Crippen LogP contribution in [-0.2, 0) is 6.54 Å². The fraction of sp³-hybridized carbons (Fsp3) is 0.714. The summed E-state index contributed by atoms with van der Waals surface area (Å²) in [6.07, 6.45) is 4.21. The second-order valence-corrected chi connectivity index (χ2v) is 8.09. The maximum atomic E-state index is 2.74. The third kappa shape index (κ3) is 4.82. The van der Waals surface area contributed by atoms with Gasteiger partial charge in [-0.15, -0.1) is 0 Å². The number of rotatable bonds is 5. The summed E-state index contributed by atoms with van der Waals surface area (Å²) in [7, 11) is 0. The van der Waals surface area contributed by atoms with E-state index in [0.29, 0.717) is 0 Å². The molecule has 0 radical (unpaired) electrons. The van der Waals surface area contributed by atoms with Crippen LogP contribution in [0, 0.1) is 0 Å². The van der Waals surface area contributed by atoms with Gasteiger partial charge in [-0.3, -0.25) is 14.7 Å². The van der Waals surface area contributed by atoms with Crippen molar-refractivity contribution in [3.8, 4) is 0 Å². The molecule has 3 fully saturated rings. The lowest BCUT2D eigenvalue weighted by Crippen LogP contribution is -2.48. The Bertz CT molecular complexity index is 512. The fourth-order valence-electron chi connectivity index (χ4n) is 4.78. The van der Waals surface area contributed by atoms with Crippen molar-refractivity contribution in [1.82, 2.24) is 19.6 Å². The van der Waals surface area contributed by atoms with Gasteiger partial charge in [0.25, 0.3) is 0 Å². The van der Waals surface area contributed by atoms with Gasteiger partial charge in [-0.05, 0) is 44.5 Å². The average molecular weight is 343 g/mol. The Balaban J connectivity index is 1.17. The molecule has 1 aromatic rings. The molecular formula is C21H34N4. The van der Waals surface area contributed by atoms with Crippen LogP contribution in [0.3, 0.4) is 0 Å². The van der Waals surface area contributed by atoms with Crippen molar-refractivity contribution < 1.29 is 0 Å². The van der Waals surface area contributed by atoms with Crippen molar-refractivity contribution in [1.29, 1.82) is 0 Å². The van der Waals surface area contributed by atoms with Crippen molar-refractivity contribution in [3.63, 3.8) is 0 Å². The SMILES string of the molecule is c1ccc(CN2CCN(CCN3CCCN4CCC[C@H]4C3)CC2)cc1. The van der Waals surface area contributed by atoms with E-state index >= 15 is 0 Å². The van der Waals surface area contributed by atoms with E-state index in [9.17, 15) is 0 Å². The highest BCUT2D eigenvalue weighted by Gasteiger charge is 2.28. The fourth-order valence-corrected chi connectivity index (χ4v) is 4.78. The minimum absolute atomic E-state index is 0.852. The predicted octanol–water partition coefficient (Wildman–Crippen LogP) is 1.97. The molecular weight excluding hydrogens is 308 g/mol. The maximum absolute atomic E-state index is 2.74. The first-order valence-electron chi connectivity index (χ1n) is 10.3. The summed E-state index contributed by atoms with van der Waals surface area (Å²) in [6.45, 7) is 13.8. The van der Waals surface area contributed by atoms with Crippen LogP contribution in [0.1, 0.15) is 24.8 Å². The molecule has 3 saturated heterocycles. The molecule has 4 nitrogen and oxygen atoms in total. The van der Waals surface area contributed by atoms with Gasteiger partial charge in [0, 0.05) is 58.4 Å². The first kappa shape index (κ1) is 17.5. The molecule has 25 heavy (non-hydrogen) atoms. The minimum Gasteiger partial charge on any atom is -0.300 e. The van der Waals surface area contributed by atoms with Gasteiger partial charge in [-0.1, -0.05) is 30.3 Å². The van der Waals surface area contributed by atoms with Gasteiger partial charge in [-0.2, -0.15) is 0 Å². The summed E-state index contributed by atoms with van der Waals surface area (Å²) >= 11 is 0. The Morgan fingerprint density at radius 3 is 2.28 bits per heavy atom. The maximum Gasteiger partial charge on any atom is 0.0234 e. The summed E-state index contributed by atoms with van der Waals surface area (Å²) in [4.78, 5) is 10.8. The van der Waals surface area contributed by atoms with Crippen molar-refractivity contribution in [2.45, 2.75) is 31.8 Å². The molecule has 0 N–H and O–H groups in total. The summed E-state index contributed by atoms with van der Waals surface area (Å²) in [6, 6.07) is 11.8. The third-order valence-corrected chi connectivity index (χ3v) is 6.33. The Morgan fingerprint density at radius 1 is 0.720 bits per heavy atom. The van der Waals surface area contributed by atoms with Gasteiger partial charge in [0.1, 0.15) is 0 Å². The predicted molar refractivity (Wildman–Crippen MR) is 104 cm³/mol. The van der Waals surface area contributed by atoms with E-state index in [4.69, 9.17) is 0 Å². The normalized spacial score (nSPS) is 27.3. The summed E-state index contributed by atoms with van der Waals surface area (Å²) in [5, 5.41) is 0. The monoisotopic (exact) mass is 342 g/mol. The molecule has 1 aromatic carbocycles. The molecule has 0 aliphatic carbocycles. The molecule has 1 atom stereocenters. The van der Waals surface area contributed by atoms with Gasteiger partial charge in [-0.25, -0.2) is 0 Å². The Kier molecular flexibility index (Phi) is 6.03. The smallest absolute Gasteiger partial charge is 0.0234 e.